The van der Waals surface area contributed by atoms with Crippen molar-refractivity contribution in [2.75, 3.05) is 13.1 Å². The second-order valence-corrected chi connectivity index (χ2v) is 6.01. The van der Waals surface area contributed by atoms with Crippen molar-refractivity contribution in [3.8, 4) is 5.69 Å². The minimum Gasteiger partial charge on any atom is -0.339 e. The zero-order valence-corrected chi connectivity index (χ0v) is 12.8. The van der Waals surface area contributed by atoms with Crippen LogP contribution in [0.3, 0.4) is 0 Å². The number of rotatable bonds is 2. The molecule has 2 aromatic rings. The van der Waals surface area contributed by atoms with Gasteiger partial charge in [0.25, 0.3) is 5.91 Å². The molecule has 1 saturated heterocycles. The predicted octanol–water partition coefficient (Wildman–Crippen LogP) is 2.43. The molecule has 1 aromatic heterocycles. The van der Waals surface area contributed by atoms with Crippen LogP contribution in [0, 0.1) is 5.92 Å². The van der Waals surface area contributed by atoms with Crippen LogP contribution in [0.15, 0.2) is 41.5 Å². The van der Waals surface area contributed by atoms with Gasteiger partial charge in [-0.2, -0.15) is 0 Å². The van der Waals surface area contributed by atoms with Crippen molar-refractivity contribution in [3.63, 3.8) is 0 Å². The van der Waals surface area contributed by atoms with Crippen molar-refractivity contribution in [2.45, 2.75) is 26.2 Å². The fraction of sp³-hybridized carbons (Fsp3) is 0.412. The third kappa shape index (κ3) is 2.98. The highest BCUT2D eigenvalue weighted by atomic mass is 16.2. The van der Waals surface area contributed by atoms with Gasteiger partial charge in [0, 0.05) is 31.0 Å². The van der Waals surface area contributed by atoms with E-state index in [1.165, 1.54) is 11.0 Å². The number of aromatic amines is 1. The Morgan fingerprint density at radius 2 is 2.14 bits per heavy atom. The van der Waals surface area contributed by atoms with Gasteiger partial charge in [-0.15, -0.1) is 0 Å². The molecule has 1 aromatic carbocycles. The topological polar surface area (TPSA) is 58.1 Å². The lowest BCUT2D eigenvalue weighted by Gasteiger charge is -2.20. The lowest BCUT2D eigenvalue weighted by atomic mass is 10.0. The Hall–Kier alpha value is -2.30. The molecular weight excluding hydrogens is 278 g/mol. The molecule has 5 heteroatoms. The molecule has 22 heavy (non-hydrogen) atoms. The van der Waals surface area contributed by atoms with E-state index in [1.807, 2.05) is 23.1 Å². The van der Waals surface area contributed by atoms with E-state index in [-0.39, 0.29) is 11.6 Å². The van der Waals surface area contributed by atoms with Gasteiger partial charge in [0.2, 0.25) is 0 Å². The average Bonchev–Trinajstić information content (AvgIpc) is 2.84. The monoisotopic (exact) mass is 299 g/mol. The molecule has 1 fully saturated rings. The number of likely N-dealkylation sites (tertiary alicyclic amines) is 1. The molecule has 0 bridgehead atoms. The summed E-state index contributed by atoms with van der Waals surface area (Å²) in [5.41, 5.74) is 1.15. The normalized spacial score (nSPS) is 19.0. The third-order valence-corrected chi connectivity index (χ3v) is 4.32. The molecule has 5 nitrogen and oxygen atoms in total. The summed E-state index contributed by atoms with van der Waals surface area (Å²) in [7, 11) is 0. The fourth-order valence-corrected chi connectivity index (χ4v) is 2.96. The first-order valence-electron chi connectivity index (χ1n) is 7.81. The number of imidazole rings is 1. The summed E-state index contributed by atoms with van der Waals surface area (Å²) in [6.45, 7) is 3.87. The summed E-state index contributed by atoms with van der Waals surface area (Å²) in [4.78, 5) is 28.9. The summed E-state index contributed by atoms with van der Waals surface area (Å²) in [5, 5.41) is 0. The maximum absolute atomic E-state index is 12.7. The SMILES string of the molecule is C[C@H]1CCCN(C(=O)c2cccc(-n3cc[nH]c3=O)c2)CC1. The molecule has 0 unspecified atom stereocenters. The first-order valence-corrected chi connectivity index (χ1v) is 7.81. The van der Waals surface area contributed by atoms with E-state index in [2.05, 4.69) is 11.9 Å². The summed E-state index contributed by atoms with van der Waals surface area (Å²) in [6.07, 6.45) is 6.56. The van der Waals surface area contributed by atoms with Gasteiger partial charge >= 0.3 is 5.69 Å². The molecule has 0 spiro atoms. The van der Waals surface area contributed by atoms with Crippen molar-refractivity contribution in [2.24, 2.45) is 5.92 Å². The first-order chi connectivity index (χ1) is 10.6. The molecule has 1 amide bonds. The number of nitrogens with one attached hydrogen (secondary N) is 1. The zero-order valence-electron chi connectivity index (χ0n) is 12.8. The van der Waals surface area contributed by atoms with Gasteiger partial charge in [0.1, 0.15) is 0 Å². The molecule has 1 N–H and O–H groups in total. The Kier molecular flexibility index (Phi) is 4.13. The van der Waals surface area contributed by atoms with E-state index in [0.29, 0.717) is 17.2 Å². The number of hydrogen-bond donors (Lipinski definition) is 1. The number of aromatic nitrogens is 2. The molecule has 3 rings (SSSR count). The molecule has 0 aliphatic carbocycles. The Morgan fingerprint density at radius 3 is 2.91 bits per heavy atom. The van der Waals surface area contributed by atoms with Crippen LogP contribution in [-0.4, -0.2) is 33.4 Å². The Balaban J connectivity index is 1.84. The highest BCUT2D eigenvalue weighted by Crippen LogP contribution is 2.19. The predicted molar refractivity (Wildman–Crippen MR) is 85.3 cm³/mol. The number of nitrogens with zero attached hydrogens (tertiary/aromatic N) is 2. The number of H-pyrrole nitrogens is 1. The maximum atomic E-state index is 12.7. The van der Waals surface area contributed by atoms with Gasteiger partial charge in [0.05, 0.1) is 5.69 Å². The molecule has 1 atom stereocenters. The third-order valence-electron chi connectivity index (χ3n) is 4.32. The zero-order chi connectivity index (χ0) is 15.5. The van der Waals surface area contributed by atoms with Crippen LogP contribution in [-0.2, 0) is 0 Å². The number of amides is 1. The summed E-state index contributed by atoms with van der Waals surface area (Å²) in [5.74, 6) is 0.738. The highest BCUT2D eigenvalue weighted by molar-refractivity contribution is 5.94. The first kappa shape index (κ1) is 14.6. The minimum absolute atomic E-state index is 0.0551. The smallest absolute Gasteiger partial charge is 0.330 e. The second kappa shape index (κ2) is 6.22. The lowest BCUT2D eigenvalue weighted by Crippen LogP contribution is -2.32. The van der Waals surface area contributed by atoms with Gasteiger partial charge in [0.15, 0.2) is 0 Å². The van der Waals surface area contributed by atoms with Gasteiger partial charge in [-0.25, -0.2) is 4.79 Å². The van der Waals surface area contributed by atoms with Gasteiger partial charge < -0.3 is 9.88 Å². The molecular formula is C17H21N3O2. The summed E-state index contributed by atoms with van der Waals surface area (Å²) < 4.78 is 1.50. The van der Waals surface area contributed by atoms with E-state index in [1.54, 1.807) is 18.5 Å². The summed E-state index contributed by atoms with van der Waals surface area (Å²) >= 11 is 0. The van der Waals surface area contributed by atoms with Crippen molar-refractivity contribution >= 4 is 5.91 Å². The second-order valence-electron chi connectivity index (χ2n) is 6.01. The van der Waals surface area contributed by atoms with E-state index in [0.717, 1.165) is 25.9 Å². The van der Waals surface area contributed by atoms with E-state index >= 15 is 0 Å². The number of benzene rings is 1. The molecule has 0 saturated carbocycles. The number of carbonyl (C=O) groups excluding carboxylic acids is 1. The standard InChI is InChI=1S/C17H21N3O2/c1-13-4-3-9-19(10-7-13)16(21)14-5-2-6-15(12-14)20-11-8-18-17(20)22/h2,5-6,8,11-13H,3-4,7,9-10H2,1H3,(H,18,22)/t13-/m0/s1. The van der Waals surface area contributed by atoms with Gasteiger partial charge in [-0.3, -0.25) is 9.36 Å². The number of hydrogen-bond acceptors (Lipinski definition) is 2. The Labute approximate surface area is 129 Å². The van der Waals surface area contributed by atoms with Gasteiger partial charge in [-0.1, -0.05) is 13.0 Å². The van der Waals surface area contributed by atoms with Crippen molar-refractivity contribution < 1.29 is 4.79 Å². The van der Waals surface area contributed by atoms with Crippen LogP contribution in [0.1, 0.15) is 36.5 Å². The van der Waals surface area contributed by atoms with E-state index in [4.69, 9.17) is 0 Å². The lowest BCUT2D eigenvalue weighted by molar-refractivity contribution is 0.0760. The molecule has 116 valence electrons. The maximum Gasteiger partial charge on any atom is 0.330 e. The van der Waals surface area contributed by atoms with Gasteiger partial charge in [-0.05, 0) is 43.4 Å². The number of carbonyl (C=O) groups is 1. The average molecular weight is 299 g/mol. The quantitative estimate of drug-likeness (QED) is 0.926. The van der Waals surface area contributed by atoms with Crippen molar-refractivity contribution in [1.29, 1.82) is 0 Å². The van der Waals surface area contributed by atoms with Crippen LogP contribution < -0.4 is 5.69 Å². The molecule has 1 aliphatic rings. The Morgan fingerprint density at radius 1 is 1.27 bits per heavy atom. The summed E-state index contributed by atoms with van der Waals surface area (Å²) in [6, 6.07) is 7.25. The van der Waals surface area contributed by atoms with Crippen LogP contribution >= 0.6 is 0 Å². The Bertz CT molecular complexity index is 716. The van der Waals surface area contributed by atoms with E-state index in [9.17, 15) is 9.59 Å². The van der Waals surface area contributed by atoms with Crippen molar-refractivity contribution in [1.82, 2.24) is 14.5 Å². The minimum atomic E-state index is -0.201. The van der Waals surface area contributed by atoms with Crippen LogP contribution in [0.5, 0.6) is 0 Å². The van der Waals surface area contributed by atoms with E-state index < -0.39 is 0 Å². The highest BCUT2D eigenvalue weighted by Gasteiger charge is 2.20. The molecule has 1 aliphatic heterocycles. The molecule has 0 radical (unpaired) electrons. The van der Waals surface area contributed by atoms with Crippen LogP contribution in [0.4, 0.5) is 0 Å². The molecule has 2 heterocycles. The van der Waals surface area contributed by atoms with Crippen LogP contribution in [0.25, 0.3) is 5.69 Å². The largest absolute Gasteiger partial charge is 0.339 e. The fourth-order valence-electron chi connectivity index (χ4n) is 2.96. The van der Waals surface area contributed by atoms with Crippen LogP contribution in [0.2, 0.25) is 0 Å². The van der Waals surface area contributed by atoms with Crippen molar-refractivity contribution in [3.05, 3.63) is 52.7 Å².